The Morgan fingerprint density at radius 3 is 2.35 bits per heavy atom. The van der Waals surface area contributed by atoms with E-state index in [1.807, 2.05) is 37.3 Å². The van der Waals surface area contributed by atoms with Crippen molar-refractivity contribution in [3.63, 3.8) is 0 Å². The third kappa shape index (κ3) is 1.84. The fourth-order valence-electron chi connectivity index (χ4n) is 2.21. The van der Waals surface area contributed by atoms with Crippen LogP contribution < -0.4 is 4.90 Å². The van der Waals surface area contributed by atoms with Crippen LogP contribution in [0.5, 0.6) is 0 Å². The molecule has 1 aliphatic heterocycles. The van der Waals surface area contributed by atoms with Gasteiger partial charge in [-0.05, 0) is 26.0 Å². The minimum Gasteiger partial charge on any atom is -0.269 e. The molecule has 0 aliphatic carbocycles. The third-order valence-corrected chi connectivity index (χ3v) is 3.14. The number of carbonyl (C=O) groups is 2. The Hall–Kier alpha value is -2.69. The number of hydrogen-bond donors (Lipinski definition) is 0. The van der Waals surface area contributed by atoms with Gasteiger partial charge in [0.05, 0.1) is 11.4 Å². The van der Waals surface area contributed by atoms with Crippen LogP contribution in [0.25, 0.3) is 5.69 Å². The second-order valence-electron chi connectivity index (χ2n) is 4.70. The van der Waals surface area contributed by atoms with Crippen molar-refractivity contribution in [1.82, 2.24) is 9.78 Å². The van der Waals surface area contributed by atoms with Gasteiger partial charge in [-0.3, -0.25) is 9.59 Å². The standard InChI is InChI=1S/C15H13N3O2/c1-10-8-14(19)17(15(10)20)13-9-11(2)16-18(13)12-6-4-3-5-7-12/h3-9H,1-2H3. The van der Waals surface area contributed by atoms with Gasteiger partial charge in [0.15, 0.2) is 0 Å². The van der Waals surface area contributed by atoms with E-state index in [-0.39, 0.29) is 11.8 Å². The molecule has 0 fully saturated rings. The maximum atomic E-state index is 12.1. The van der Waals surface area contributed by atoms with E-state index in [0.29, 0.717) is 11.4 Å². The van der Waals surface area contributed by atoms with Crippen LogP contribution in [0.1, 0.15) is 12.6 Å². The second-order valence-corrected chi connectivity index (χ2v) is 4.70. The normalized spacial score (nSPS) is 14.9. The third-order valence-electron chi connectivity index (χ3n) is 3.14. The number of nitrogens with zero attached hydrogens (tertiary/aromatic N) is 3. The van der Waals surface area contributed by atoms with Crippen molar-refractivity contribution in [1.29, 1.82) is 0 Å². The molecule has 0 spiro atoms. The van der Waals surface area contributed by atoms with Crippen molar-refractivity contribution >= 4 is 17.6 Å². The Bertz CT molecular complexity index is 729. The number of aromatic nitrogens is 2. The van der Waals surface area contributed by atoms with Crippen molar-refractivity contribution in [3.8, 4) is 5.69 Å². The van der Waals surface area contributed by atoms with Crippen molar-refractivity contribution in [2.75, 3.05) is 4.90 Å². The van der Waals surface area contributed by atoms with Crippen molar-refractivity contribution in [3.05, 3.63) is 53.7 Å². The molecular weight excluding hydrogens is 254 g/mol. The van der Waals surface area contributed by atoms with E-state index in [2.05, 4.69) is 5.10 Å². The number of hydrogen-bond acceptors (Lipinski definition) is 3. The maximum Gasteiger partial charge on any atom is 0.262 e. The number of para-hydroxylation sites is 1. The second kappa shape index (κ2) is 4.45. The first-order chi connectivity index (χ1) is 9.58. The highest BCUT2D eigenvalue weighted by molar-refractivity contribution is 6.30. The predicted octanol–water partition coefficient (Wildman–Crippen LogP) is 2.00. The molecule has 0 atom stereocenters. The molecule has 0 saturated heterocycles. The van der Waals surface area contributed by atoms with Crippen molar-refractivity contribution in [2.24, 2.45) is 0 Å². The van der Waals surface area contributed by atoms with E-state index in [9.17, 15) is 9.59 Å². The number of aryl methyl sites for hydroxylation is 1. The summed E-state index contributed by atoms with van der Waals surface area (Å²) in [6.07, 6.45) is 1.35. The maximum absolute atomic E-state index is 12.1. The minimum atomic E-state index is -0.329. The molecule has 0 saturated carbocycles. The fourth-order valence-corrected chi connectivity index (χ4v) is 2.21. The number of imide groups is 1. The van der Waals surface area contributed by atoms with Crippen LogP contribution >= 0.6 is 0 Å². The van der Waals surface area contributed by atoms with Crippen LogP contribution in [0, 0.1) is 6.92 Å². The van der Waals surface area contributed by atoms with Crippen LogP contribution in [0.4, 0.5) is 5.82 Å². The van der Waals surface area contributed by atoms with Gasteiger partial charge >= 0.3 is 0 Å². The molecule has 2 aromatic rings. The summed E-state index contributed by atoms with van der Waals surface area (Å²) in [4.78, 5) is 25.2. The van der Waals surface area contributed by atoms with E-state index in [0.717, 1.165) is 16.3 Å². The Labute approximate surface area is 116 Å². The Kier molecular flexibility index (Phi) is 2.75. The first kappa shape index (κ1) is 12.3. The number of rotatable bonds is 2. The van der Waals surface area contributed by atoms with Gasteiger partial charge in [0.25, 0.3) is 11.8 Å². The number of carbonyl (C=O) groups excluding carboxylic acids is 2. The summed E-state index contributed by atoms with van der Waals surface area (Å²) in [6, 6.07) is 11.1. The number of benzene rings is 1. The lowest BCUT2D eigenvalue weighted by Crippen LogP contribution is -2.32. The molecule has 0 radical (unpaired) electrons. The fraction of sp³-hybridized carbons (Fsp3) is 0.133. The van der Waals surface area contributed by atoms with Gasteiger partial charge in [-0.15, -0.1) is 0 Å². The molecule has 1 aromatic heterocycles. The van der Waals surface area contributed by atoms with Crippen LogP contribution in [-0.2, 0) is 9.59 Å². The highest BCUT2D eigenvalue weighted by Gasteiger charge is 2.32. The van der Waals surface area contributed by atoms with E-state index in [4.69, 9.17) is 0 Å². The van der Waals surface area contributed by atoms with Crippen molar-refractivity contribution < 1.29 is 9.59 Å². The molecule has 20 heavy (non-hydrogen) atoms. The van der Waals surface area contributed by atoms with Gasteiger partial charge in [0, 0.05) is 17.7 Å². The van der Waals surface area contributed by atoms with Gasteiger partial charge in [0.2, 0.25) is 0 Å². The van der Waals surface area contributed by atoms with Crippen LogP contribution in [0.15, 0.2) is 48.0 Å². The van der Waals surface area contributed by atoms with Crippen LogP contribution in [-0.4, -0.2) is 21.6 Å². The van der Waals surface area contributed by atoms with Gasteiger partial charge < -0.3 is 0 Å². The van der Waals surface area contributed by atoms with E-state index in [1.165, 1.54) is 6.08 Å². The molecule has 0 N–H and O–H groups in total. The van der Waals surface area contributed by atoms with Crippen LogP contribution in [0.2, 0.25) is 0 Å². The molecule has 2 heterocycles. The quantitative estimate of drug-likeness (QED) is 0.782. The summed E-state index contributed by atoms with van der Waals surface area (Å²) < 4.78 is 1.61. The predicted molar refractivity (Wildman–Crippen MR) is 74.6 cm³/mol. The number of anilines is 1. The summed E-state index contributed by atoms with van der Waals surface area (Å²) in [7, 11) is 0. The zero-order valence-electron chi connectivity index (χ0n) is 11.2. The molecule has 0 unspecified atom stereocenters. The molecule has 5 heteroatoms. The first-order valence-electron chi connectivity index (χ1n) is 6.27. The molecule has 100 valence electrons. The lowest BCUT2D eigenvalue weighted by Gasteiger charge is -2.16. The lowest BCUT2D eigenvalue weighted by atomic mass is 10.3. The number of amides is 2. The molecule has 0 bridgehead atoms. The lowest BCUT2D eigenvalue weighted by molar-refractivity contribution is -0.120. The summed E-state index contributed by atoms with van der Waals surface area (Å²) in [6.45, 7) is 3.46. The minimum absolute atomic E-state index is 0.299. The monoisotopic (exact) mass is 267 g/mol. The SMILES string of the molecule is CC1=CC(=O)N(c2cc(C)nn2-c2ccccc2)C1=O. The summed E-state index contributed by atoms with van der Waals surface area (Å²) in [5.41, 5.74) is 1.99. The summed E-state index contributed by atoms with van der Waals surface area (Å²) in [5.74, 6) is -0.159. The molecule has 1 aliphatic rings. The largest absolute Gasteiger partial charge is 0.269 e. The van der Waals surface area contributed by atoms with Crippen LogP contribution in [0.3, 0.4) is 0 Å². The average Bonchev–Trinajstić information content (AvgIpc) is 2.92. The Morgan fingerprint density at radius 2 is 1.75 bits per heavy atom. The molecule has 3 rings (SSSR count). The van der Waals surface area contributed by atoms with Gasteiger partial charge in [0.1, 0.15) is 5.82 Å². The van der Waals surface area contributed by atoms with Crippen molar-refractivity contribution in [2.45, 2.75) is 13.8 Å². The molecule has 1 aromatic carbocycles. The van der Waals surface area contributed by atoms with E-state index < -0.39 is 0 Å². The zero-order chi connectivity index (χ0) is 14.3. The first-order valence-corrected chi connectivity index (χ1v) is 6.27. The van der Waals surface area contributed by atoms with E-state index >= 15 is 0 Å². The van der Waals surface area contributed by atoms with Gasteiger partial charge in [-0.25, -0.2) is 9.58 Å². The zero-order valence-corrected chi connectivity index (χ0v) is 11.2. The summed E-state index contributed by atoms with van der Waals surface area (Å²) >= 11 is 0. The highest BCUT2D eigenvalue weighted by Crippen LogP contribution is 2.25. The van der Waals surface area contributed by atoms with Gasteiger partial charge in [-0.2, -0.15) is 5.10 Å². The molecule has 5 nitrogen and oxygen atoms in total. The highest BCUT2D eigenvalue weighted by atomic mass is 16.2. The molecular formula is C15H13N3O2. The smallest absolute Gasteiger partial charge is 0.262 e. The Balaban J connectivity index is 2.13. The van der Waals surface area contributed by atoms with E-state index in [1.54, 1.807) is 17.7 Å². The average molecular weight is 267 g/mol. The topological polar surface area (TPSA) is 55.2 Å². The summed E-state index contributed by atoms with van der Waals surface area (Å²) in [5, 5.41) is 4.37. The van der Waals surface area contributed by atoms with Gasteiger partial charge in [-0.1, -0.05) is 18.2 Å². The molecule has 2 amide bonds. The Morgan fingerprint density at radius 1 is 1.05 bits per heavy atom.